The SMILES string of the molecule is CC1CCCN(c2cc3c(cc2Cl)nc(Cc2cc(CNC(=O)C4(C(F)(F)F)CC4)ccc2Cl)n3C)C1. The molecule has 37 heavy (non-hydrogen) atoms. The van der Waals surface area contributed by atoms with Crippen LogP contribution in [0.25, 0.3) is 11.0 Å². The first-order valence-electron chi connectivity index (χ1n) is 12.5. The average molecular weight is 553 g/mol. The van der Waals surface area contributed by atoms with Gasteiger partial charge in [-0.15, -0.1) is 0 Å². The van der Waals surface area contributed by atoms with E-state index in [2.05, 4.69) is 23.2 Å². The Balaban J connectivity index is 1.35. The van der Waals surface area contributed by atoms with Gasteiger partial charge in [0.1, 0.15) is 11.2 Å². The molecule has 2 aliphatic rings. The Kier molecular flexibility index (Phi) is 6.86. The molecule has 1 amide bonds. The monoisotopic (exact) mass is 552 g/mol. The van der Waals surface area contributed by atoms with Crippen molar-refractivity contribution >= 4 is 45.8 Å². The van der Waals surface area contributed by atoms with Crippen molar-refractivity contribution in [2.24, 2.45) is 18.4 Å². The molecule has 5 nitrogen and oxygen atoms in total. The van der Waals surface area contributed by atoms with Crippen molar-refractivity contribution in [2.45, 2.75) is 51.7 Å². The number of anilines is 1. The Morgan fingerprint density at radius 1 is 1.19 bits per heavy atom. The quantitative estimate of drug-likeness (QED) is 0.371. The Hall–Kier alpha value is -2.45. The lowest BCUT2D eigenvalue weighted by atomic mass is 10.00. The third kappa shape index (κ3) is 5.02. The Bertz CT molecular complexity index is 1350. The van der Waals surface area contributed by atoms with Crippen LogP contribution in [0, 0.1) is 11.3 Å². The number of nitrogens with zero attached hydrogens (tertiary/aromatic N) is 3. The fourth-order valence-corrected chi connectivity index (χ4v) is 5.68. The number of piperidine rings is 1. The lowest BCUT2D eigenvalue weighted by molar-refractivity contribution is -0.192. The number of benzene rings is 2. The summed E-state index contributed by atoms with van der Waals surface area (Å²) in [6.07, 6.45) is -2.08. The number of halogens is 5. The molecule has 3 aromatic rings. The van der Waals surface area contributed by atoms with Crippen LogP contribution in [0.5, 0.6) is 0 Å². The molecule has 1 aromatic heterocycles. The van der Waals surface area contributed by atoms with E-state index in [1.165, 1.54) is 6.42 Å². The minimum absolute atomic E-state index is 0.00337. The number of imidazole rings is 1. The summed E-state index contributed by atoms with van der Waals surface area (Å²) < 4.78 is 41.7. The van der Waals surface area contributed by atoms with Crippen LogP contribution in [-0.4, -0.2) is 34.7 Å². The number of nitrogens with one attached hydrogen (secondary N) is 1. The second kappa shape index (κ2) is 9.70. The fraction of sp³-hybridized carbons (Fsp3) is 0.481. The first kappa shape index (κ1) is 26.2. The summed E-state index contributed by atoms with van der Waals surface area (Å²) in [6.45, 7) is 4.20. The largest absolute Gasteiger partial charge is 0.403 e. The third-order valence-electron chi connectivity index (χ3n) is 7.68. The molecule has 1 aliphatic heterocycles. The van der Waals surface area contributed by atoms with E-state index in [0.29, 0.717) is 27.9 Å². The normalized spacial score (nSPS) is 19.3. The van der Waals surface area contributed by atoms with Gasteiger partial charge in [-0.1, -0.05) is 42.3 Å². The van der Waals surface area contributed by atoms with Gasteiger partial charge in [-0.05, 0) is 60.9 Å². The van der Waals surface area contributed by atoms with Crippen molar-refractivity contribution in [2.75, 3.05) is 18.0 Å². The van der Waals surface area contributed by atoms with Gasteiger partial charge in [-0.2, -0.15) is 13.2 Å². The number of amides is 1. The number of hydrogen-bond donors (Lipinski definition) is 1. The number of alkyl halides is 3. The van der Waals surface area contributed by atoms with E-state index in [9.17, 15) is 18.0 Å². The number of aromatic nitrogens is 2. The molecule has 1 N–H and O–H groups in total. The zero-order chi connectivity index (χ0) is 26.5. The molecule has 1 saturated carbocycles. The molecule has 0 spiro atoms. The third-order valence-corrected chi connectivity index (χ3v) is 8.35. The molecule has 0 bridgehead atoms. The van der Waals surface area contributed by atoms with Crippen molar-refractivity contribution in [3.8, 4) is 0 Å². The minimum atomic E-state index is -4.53. The smallest absolute Gasteiger partial charge is 0.370 e. The van der Waals surface area contributed by atoms with E-state index < -0.39 is 17.5 Å². The first-order valence-corrected chi connectivity index (χ1v) is 13.3. The second-order valence-electron chi connectivity index (χ2n) is 10.4. The molecule has 5 rings (SSSR count). The summed E-state index contributed by atoms with van der Waals surface area (Å²) in [4.78, 5) is 19.4. The summed E-state index contributed by atoms with van der Waals surface area (Å²) in [5, 5.41) is 3.66. The maximum atomic E-state index is 13.2. The van der Waals surface area contributed by atoms with E-state index >= 15 is 0 Å². The van der Waals surface area contributed by atoms with Crippen LogP contribution in [0.3, 0.4) is 0 Å². The van der Waals surface area contributed by atoms with E-state index in [4.69, 9.17) is 28.2 Å². The summed E-state index contributed by atoms with van der Waals surface area (Å²) in [5.41, 5.74) is 1.99. The van der Waals surface area contributed by atoms with E-state index in [0.717, 1.165) is 47.6 Å². The summed E-state index contributed by atoms with van der Waals surface area (Å²) in [5.74, 6) is 0.431. The number of rotatable bonds is 6. The highest BCUT2D eigenvalue weighted by molar-refractivity contribution is 6.34. The zero-order valence-electron chi connectivity index (χ0n) is 20.8. The number of carbonyl (C=O) groups excluding carboxylic acids is 1. The van der Waals surface area contributed by atoms with E-state index in [1.54, 1.807) is 12.1 Å². The Morgan fingerprint density at radius 2 is 1.95 bits per heavy atom. The van der Waals surface area contributed by atoms with Gasteiger partial charge in [0, 0.05) is 38.1 Å². The Morgan fingerprint density at radius 3 is 2.62 bits per heavy atom. The van der Waals surface area contributed by atoms with Crippen LogP contribution in [0.1, 0.15) is 49.6 Å². The van der Waals surface area contributed by atoms with Crippen molar-refractivity contribution in [1.82, 2.24) is 14.9 Å². The molecule has 2 aromatic carbocycles. The van der Waals surface area contributed by atoms with Crippen LogP contribution in [-0.2, 0) is 24.8 Å². The second-order valence-corrected chi connectivity index (χ2v) is 11.3. The standard InChI is InChI=1S/C27H29Cl2F3N4O/c1-16-4-3-9-36(15-16)22-13-23-21(12-20(22)29)34-24(35(23)2)11-18-10-17(5-6-19(18)28)14-33-25(37)26(7-8-26)27(30,31)32/h5-6,10,12-13,16H,3-4,7-9,11,14-15H2,1-2H3,(H,33,37). The van der Waals surface area contributed by atoms with Gasteiger partial charge < -0.3 is 14.8 Å². The zero-order valence-corrected chi connectivity index (χ0v) is 22.3. The van der Waals surface area contributed by atoms with Crippen molar-refractivity contribution in [3.63, 3.8) is 0 Å². The highest BCUT2D eigenvalue weighted by Gasteiger charge is 2.68. The average Bonchev–Trinajstić information content (AvgIpc) is 3.61. The maximum Gasteiger partial charge on any atom is 0.403 e. The molecule has 0 radical (unpaired) electrons. The predicted octanol–water partition coefficient (Wildman–Crippen LogP) is 6.67. The predicted molar refractivity (Wildman–Crippen MR) is 140 cm³/mol. The van der Waals surface area contributed by atoms with Gasteiger partial charge >= 0.3 is 6.18 Å². The lowest BCUT2D eigenvalue weighted by Gasteiger charge is -2.33. The van der Waals surface area contributed by atoms with Gasteiger partial charge in [0.15, 0.2) is 0 Å². The molecule has 10 heteroatoms. The molecule has 1 saturated heterocycles. The first-order chi connectivity index (χ1) is 17.5. The van der Waals surface area contributed by atoms with Gasteiger partial charge in [0.05, 0.1) is 21.7 Å². The van der Waals surface area contributed by atoms with E-state index in [1.807, 2.05) is 23.7 Å². The van der Waals surface area contributed by atoms with Gasteiger partial charge in [-0.25, -0.2) is 4.98 Å². The summed E-state index contributed by atoms with van der Waals surface area (Å²) in [6, 6.07) is 9.21. The van der Waals surface area contributed by atoms with Crippen LogP contribution in [0.2, 0.25) is 10.0 Å². The van der Waals surface area contributed by atoms with Gasteiger partial charge in [0.25, 0.3) is 0 Å². The van der Waals surface area contributed by atoms with Crippen LogP contribution >= 0.6 is 23.2 Å². The maximum absolute atomic E-state index is 13.2. The molecule has 1 unspecified atom stereocenters. The molecule has 2 heterocycles. The summed E-state index contributed by atoms with van der Waals surface area (Å²) in [7, 11) is 1.95. The molecule has 1 atom stereocenters. The molecule has 1 aliphatic carbocycles. The van der Waals surface area contributed by atoms with Crippen molar-refractivity contribution in [1.29, 1.82) is 0 Å². The Labute approximate surface area is 223 Å². The number of carbonyl (C=O) groups is 1. The summed E-state index contributed by atoms with van der Waals surface area (Å²) >= 11 is 13.1. The highest BCUT2D eigenvalue weighted by atomic mass is 35.5. The lowest BCUT2D eigenvalue weighted by Crippen LogP contribution is -2.40. The van der Waals surface area contributed by atoms with Crippen LogP contribution in [0.15, 0.2) is 30.3 Å². The molecular weight excluding hydrogens is 524 g/mol. The molecule has 2 fully saturated rings. The fourth-order valence-electron chi connectivity index (χ4n) is 5.22. The van der Waals surface area contributed by atoms with Crippen LogP contribution in [0.4, 0.5) is 18.9 Å². The van der Waals surface area contributed by atoms with Crippen molar-refractivity contribution < 1.29 is 18.0 Å². The number of hydrogen-bond acceptors (Lipinski definition) is 3. The molecular formula is C27H29Cl2F3N4O. The van der Waals surface area contributed by atoms with Crippen molar-refractivity contribution in [3.05, 3.63) is 57.3 Å². The molecule has 198 valence electrons. The minimum Gasteiger partial charge on any atom is -0.370 e. The topological polar surface area (TPSA) is 50.2 Å². The van der Waals surface area contributed by atoms with Gasteiger partial charge in [-0.3, -0.25) is 4.79 Å². The van der Waals surface area contributed by atoms with E-state index in [-0.39, 0.29) is 19.4 Å². The van der Waals surface area contributed by atoms with Crippen LogP contribution < -0.4 is 10.2 Å². The number of aryl methyl sites for hydroxylation is 1. The number of fused-ring (bicyclic) bond motifs is 1. The van der Waals surface area contributed by atoms with Gasteiger partial charge in [0.2, 0.25) is 5.91 Å². The highest BCUT2D eigenvalue weighted by Crippen LogP contribution is 2.57.